The number of carboxylic acid groups (broad SMARTS) is 1. The number of rotatable bonds is 9. The van der Waals surface area contributed by atoms with Crippen LogP contribution in [-0.2, 0) is 4.79 Å². The van der Waals surface area contributed by atoms with Crippen molar-refractivity contribution in [2.75, 3.05) is 6.54 Å². The second-order valence-electron chi connectivity index (χ2n) is 4.14. The summed E-state index contributed by atoms with van der Waals surface area (Å²) in [6.45, 7) is 5.96. The Morgan fingerprint density at radius 2 is 2.18 bits per heavy atom. The molecule has 0 spiro atoms. The zero-order valence-electron chi connectivity index (χ0n) is 10.5. The number of carbonyl (C=O) groups is 1. The number of carboxylic acids is 1. The molecular formula is C12H23N3O2. The van der Waals surface area contributed by atoms with Crippen LogP contribution in [0.3, 0.4) is 0 Å². The monoisotopic (exact) mass is 241 g/mol. The van der Waals surface area contributed by atoms with E-state index in [4.69, 9.17) is 16.6 Å². The fourth-order valence-electron chi connectivity index (χ4n) is 1.42. The average molecular weight is 241 g/mol. The molecule has 0 aliphatic rings. The molecule has 0 radical (unpaired) electrons. The molecule has 0 unspecified atom stereocenters. The molecule has 0 heterocycles. The molecule has 17 heavy (non-hydrogen) atoms. The Bertz CT molecular complexity index is 289. The first-order valence-electron chi connectivity index (χ1n) is 5.88. The van der Waals surface area contributed by atoms with Crippen molar-refractivity contribution in [2.45, 2.75) is 44.6 Å². The van der Waals surface area contributed by atoms with Gasteiger partial charge in [-0.25, -0.2) is 0 Å². The van der Waals surface area contributed by atoms with Crippen LogP contribution in [0.5, 0.6) is 0 Å². The van der Waals surface area contributed by atoms with E-state index in [1.165, 1.54) is 0 Å². The van der Waals surface area contributed by atoms with E-state index in [1.807, 2.05) is 0 Å². The summed E-state index contributed by atoms with van der Waals surface area (Å²) in [6, 6.07) is 0. The van der Waals surface area contributed by atoms with E-state index >= 15 is 0 Å². The summed E-state index contributed by atoms with van der Waals surface area (Å²) in [5, 5.41) is 8.96. The maximum Gasteiger partial charge on any atom is 0.323 e. The molecule has 0 aromatic rings. The summed E-state index contributed by atoms with van der Waals surface area (Å²) in [5.74, 6) is -0.373. The fourth-order valence-corrected chi connectivity index (χ4v) is 1.42. The molecule has 0 aromatic heterocycles. The Balaban J connectivity index is 3.88. The van der Waals surface area contributed by atoms with E-state index in [-0.39, 0.29) is 0 Å². The molecule has 0 aliphatic heterocycles. The SMILES string of the molecule is C=CCC(N)=NCCCC[C@@](N)(CC)C(=O)O. The van der Waals surface area contributed by atoms with E-state index in [2.05, 4.69) is 11.6 Å². The molecule has 0 amide bonds. The second-order valence-corrected chi connectivity index (χ2v) is 4.14. The van der Waals surface area contributed by atoms with Crippen LogP contribution in [0.25, 0.3) is 0 Å². The summed E-state index contributed by atoms with van der Waals surface area (Å²) < 4.78 is 0. The highest BCUT2D eigenvalue weighted by atomic mass is 16.4. The highest BCUT2D eigenvalue weighted by Crippen LogP contribution is 2.15. The van der Waals surface area contributed by atoms with Gasteiger partial charge in [0.25, 0.3) is 0 Å². The Morgan fingerprint density at radius 1 is 1.53 bits per heavy atom. The van der Waals surface area contributed by atoms with Gasteiger partial charge in [0, 0.05) is 13.0 Å². The van der Waals surface area contributed by atoms with Crippen molar-refractivity contribution in [3.8, 4) is 0 Å². The molecular weight excluding hydrogens is 218 g/mol. The van der Waals surface area contributed by atoms with Gasteiger partial charge in [0.1, 0.15) is 5.54 Å². The molecule has 5 nitrogen and oxygen atoms in total. The maximum absolute atomic E-state index is 10.9. The van der Waals surface area contributed by atoms with Crippen molar-refractivity contribution in [1.82, 2.24) is 0 Å². The lowest BCUT2D eigenvalue weighted by molar-refractivity contribution is -0.143. The van der Waals surface area contributed by atoms with Gasteiger partial charge in [-0.2, -0.15) is 0 Å². The summed E-state index contributed by atoms with van der Waals surface area (Å²) in [7, 11) is 0. The minimum Gasteiger partial charge on any atom is -0.480 e. The number of nitrogens with two attached hydrogens (primary N) is 2. The average Bonchev–Trinajstić information content (AvgIpc) is 2.28. The minimum absolute atomic E-state index is 0.435. The van der Waals surface area contributed by atoms with Crippen LogP contribution in [0.2, 0.25) is 0 Å². The quantitative estimate of drug-likeness (QED) is 0.245. The van der Waals surface area contributed by atoms with Crippen LogP contribution >= 0.6 is 0 Å². The Labute approximate surface area is 103 Å². The molecule has 1 atom stereocenters. The van der Waals surface area contributed by atoms with Gasteiger partial charge in [0.2, 0.25) is 0 Å². The number of unbranched alkanes of at least 4 members (excludes halogenated alkanes) is 1. The van der Waals surface area contributed by atoms with Crippen LogP contribution < -0.4 is 11.5 Å². The number of aliphatic imine (C=N–C) groups is 1. The van der Waals surface area contributed by atoms with Crippen molar-refractivity contribution in [1.29, 1.82) is 0 Å². The van der Waals surface area contributed by atoms with Crippen molar-refractivity contribution in [3.05, 3.63) is 12.7 Å². The molecule has 5 heteroatoms. The molecule has 0 aliphatic carbocycles. The van der Waals surface area contributed by atoms with Gasteiger partial charge in [0.15, 0.2) is 0 Å². The predicted molar refractivity (Wildman–Crippen MR) is 70.0 cm³/mol. The minimum atomic E-state index is -1.10. The zero-order chi connectivity index (χ0) is 13.3. The van der Waals surface area contributed by atoms with E-state index < -0.39 is 11.5 Å². The third-order valence-corrected chi connectivity index (χ3v) is 2.76. The van der Waals surface area contributed by atoms with E-state index in [0.717, 1.165) is 12.8 Å². The lowest BCUT2D eigenvalue weighted by Gasteiger charge is -2.22. The Hall–Kier alpha value is -1.36. The molecule has 5 N–H and O–H groups in total. The van der Waals surface area contributed by atoms with Crippen LogP contribution in [0, 0.1) is 0 Å². The Kier molecular flexibility index (Phi) is 7.21. The van der Waals surface area contributed by atoms with Gasteiger partial charge < -0.3 is 16.6 Å². The second kappa shape index (κ2) is 7.84. The molecule has 0 aromatic carbocycles. The van der Waals surface area contributed by atoms with Gasteiger partial charge in [-0.05, 0) is 25.7 Å². The van der Waals surface area contributed by atoms with Crippen LogP contribution in [-0.4, -0.2) is 29.0 Å². The van der Waals surface area contributed by atoms with Crippen molar-refractivity contribution < 1.29 is 9.90 Å². The van der Waals surface area contributed by atoms with Crippen LogP contribution in [0.4, 0.5) is 0 Å². The van der Waals surface area contributed by atoms with E-state index in [9.17, 15) is 4.79 Å². The van der Waals surface area contributed by atoms with E-state index in [1.54, 1.807) is 13.0 Å². The largest absolute Gasteiger partial charge is 0.480 e. The third kappa shape index (κ3) is 6.06. The number of aliphatic carboxylic acids is 1. The van der Waals surface area contributed by atoms with Gasteiger partial charge in [-0.3, -0.25) is 9.79 Å². The first kappa shape index (κ1) is 15.6. The Morgan fingerprint density at radius 3 is 2.65 bits per heavy atom. The number of hydrogen-bond donors (Lipinski definition) is 3. The molecule has 0 saturated carbocycles. The van der Waals surface area contributed by atoms with Crippen molar-refractivity contribution in [2.24, 2.45) is 16.5 Å². The zero-order valence-corrected chi connectivity index (χ0v) is 10.5. The molecule has 0 fully saturated rings. The van der Waals surface area contributed by atoms with Crippen LogP contribution in [0.1, 0.15) is 39.0 Å². The number of nitrogens with zero attached hydrogens (tertiary/aromatic N) is 1. The summed E-state index contributed by atoms with van der Waals surface area (Å²) in [4.78, 5) is 15.1. The smallest absolute Gasteiger partial charge is 0.323 e. The van der Waals surface area contributed by atoms with Crippen molar-refractivity contribution >= 4 is 11.8 Å². The predicted octanol–water partition coefficient (Wildman–Crippen LogP) is 1.28. The molecule has 0 saturated heterocycles. The summed E-state index contributed by atoms with van der Waals surface area (Å²) >= 11 is 0. The van der Waals surface area contributed by atoms with E-state index in [0.29, 0.717) is 31.6 Å². The highest BCUT2D eigenvalue weighted by Gasteiger charge is 2.30. The fraction of sp³-hybridized carbons (Fsp3) is 0.667. The lowest BCUT2D eigenvalue weighted by Crippen LogP contribution is -2.47. The topological polar surface area (TPSA) is 102 Å². The van der Waals surface area contributed by atoms with Crippen molar-refractivity contribution in [3.63, 3.8) is 0 Å². The van der Waals surface area contributed by atoms with Gasteiger partial charge in [-0.1, -0.05) is 13.0 Å². The molecule has 98 valence electrons. The number of hydrogen-bond acceptors (Lipinski definition) is 3. The summed E-state index contributed by atoms with van der Waals surface area (Å²) in [6.07, 6.45) is 4.72. The van der Waals surface area contributed by atoms with Gasteiger partial charge in [-0.15, -0.1) is 6.58 Å². The lowest BCUT2D eigenvalue weighted by atomic mass is 9.91. The first-order chi connectivity index (χ1) is 7.96. The summed E-state index contributed by atoms with van der Waals surface area (Å²) in [5.41, 5.74) is 10.2. The van der Waals surface area contributed by atoms with Gasteiger partial charge >= 0.3 is 5.97 Å². The maximum atomic E-state index is 10.9. The number of amidine groups is 1. The molecule has 0 rings (SSSR count). The highest BCUT2D eigenvalue weighted by molar-refractivity contribution is 5.81. The first-order valence-corrected chi connectivity index (χ1v) is 5.88. The third-order valence-electron chi connectivity index (χ3n) is 2.76. The van der Waals surface area contributed by atoms with Crippen LogP contribution in [0.15, 0.2) is 17.6 Å². The molecule has 0 bridgehead atoms. The normalized spacial score (nSPS) is 15.3. The van der Waals surface area contributed by atoms with Gasteiger partial charge in [0.05, 0.1) is 5.84 Å². The standard InChI is InChI=1S/C12H23N3O2/c1-3-7-10(13)15-9-6-5-8-12(14,4-2)11(16)17/h3H,1,4-9,14H2,2H3,(H2,13,15)(H,16,17)/t12-/m0/s1.